The van der Waals surface area contributed by atoms with Gasteiger partial charge in [-0.1, -0.05) is 30.3 Å². The average Bonchev–Trinajstić information content (AvgIpc) is 2.50. The summed E-state index contributed by atoms with van der Waals surface area (Å²) in [5.41, 5.74) is 0.200. The van der Waals surface area contributed by atoms with Gasteiger partial charge in [-0.05, 0) is 40.2 Å². The quantitative estimate of drug-likeness (QED) is 0.712. The first-order chi connectivity index (χ1) is 11.3. The molecule has 0 fully saturated rings. The molecule has 136 valence electrons. The van der Waals surface area contributed by atoms with Crippen LogP contribution in [0.15, 0.2) is 30.3 Å². The van der Waals surface area contributed by atoms with Gasteiger partial charge in [-0.25, -0.2) is 4.79 Å². The lowest BCUT2D eigenvalue weighted by Crippen LogP contribution is -2.43. The van der Waals surface area contributed by atoms with Crippen molar-refractivity contribution in [1.29, 1.82) is 0 Å². The normalized spacial score (nSPS) is 15.4. The monoisotopic (exact) mass is 339 g/mol. The minimum absolute atomic E-state index is 0.271. The fraction of sp³-hybridized carbons (Fsp3) is 0.611. The summed E-state index contributed by atoms with van der Waals surface area (Å²) in [5, 5.41) is 12.5. The van der Waals surface area contributed by atoms with E-state index in [4.69, 9.17) is 14.2 Å². The summed E-state index contributed by atoms with van der Waals surface area (Å²) in [6, 6.07) is 8.76. The SMILES string of the molecule is CCOC(C)O[C@@H](CO)[C@@H](NC(=O)OC(C)(C)C)c1ccccc1. The number of aliphatic hydroxyl groups is 1. The van der Waals surface area contributed by atoms with E-state index in [0.29, 0.717) is 6.61 Å². The number of hydrogen-bond donors (Lipinski definition) is 2. The van der Waals surface area contributed by atoms with Gasteiger partial charge >= 0.3 is 6.09 Å². The molecule has 0 bridgehead atoms. The van der Waals surface area contributed by atoms with Gasteiger partial charge in [0.25, 0.3) is 0 Å². The average molecular weight is 339 g/mol. The van der Waals surface area contributed by atoms with Crippen LogP contribution < -0.4 is 5.32 Å². The fourth-order valence-electron chi connectivity index (χ4n) is 2.23. The molecule has 0 aliphatic rings. The van der Waals surface area contributed by atoms with Gasteiger partial charge < -0.3 is 24.6 Å². The Morgan fingerprint density at radius 2 is 1.88 bits per heavy atom. The Labute approximate surface area is 144 Å². The zero-order valence-electron chi connectivity index (χ0n) is 15.1. The lowest BCUT2D eigenvalue weighted by atomic mass is 10.0. The van der Waals surface area contributed by atoms with Crippen LogP contribution in [0.5, 0.6) is 0 Å². The van der Waals surface area contributed by atoms with Gasteiger partial charge in [-0.3, -0.25) is 0 Å². The first kappa shape index (κ1) is 20.4. The van der Waals surface area contributed by atoms with E-state index in [1.807, 2.05) is 37.3 Å². The molecule has 0 saturated carbocycles. The van der Waals surface area contributed by atoms with Crippen LogP contribution in [0.1, 0.15) is 46.2 Å². The Hall–Kier alpha value is -1.63. The topological polar surface area (TPSA) is 77.0 Å². The lowest BCUT2D eigenvalue weighted by molar-refractivity contribution is -0.173. The van der Waals surface area contributed by atoms with E-state index in [1.54, 1.807) is 27.7 Å². The van der Waals surface area contributed by atoms with E-state index in [9.17, 15) is 9.90 Å². The maximum absolute atomic E-state index is 12.2. The van der Waals surface area contributed by atoms with Crippen molar-refractivity contribution in [3.8, 4) is 0 Å². The van der Waals surface area contributed by atoms with E-state index >= 15 is 0 Å². The Bertz CT molecular complexity index is 486. The van der Waals surface area contributed by atoms with Crippen LogP contribution in [-0.4, -0.2) is 42.4 Å². The molecule has 3 atom stereocenters. The molecule has 0 aliphatic heterocycles. The van der Waals surface area contributed by atoms with E-state index in [1.165, 1.54) is 0 Å². The van der Waals surface area contributed by atoms with Crippen LogP contribution in [0.4, 0.5) is 4.79 Å². The number of amides is 1. The molecule has 2 N–H and O–H groups in total. The number of ether oxygens (including phenoxy) is 3. The van der Waals surface area contributed by atoms with Crippen molar-refractivity contribution in [2.45, 2.75) is 58.7 Å². The Kier molecular flexibility index (Phi) is 8.18. The van der Waals surface area contributed by atoms with Gasteiger partial charge in [0.15, 0.2) is 6.29 Å². The summed E-state index contributed by atoms with van der Waals surface area (Å²) in [6.07, 6.45) is -1.73. The number of hydrogen-bond acceptors (Lipinski definition) is 5. The van der Waals surface area contributed by atoms with Crippen molar-refractivity contribution in [1.82, 2.24) is 5.32 Å². The highest BCUT2D eigenvalue weighted by atomic mass is 16.7. The molecule has 1 aromatic carbocycles. The first-order valence-electron chi connectivity index (χ1n) is 8.19. The maximum Gasteiger partial charge on any atom is 0.408 e. The second-order valence-corrected chi connectivity index (χ2v) is 6.41. The van der Waals surface area contributed by atoms with Crippen molar-refractivity contribution in [2.75, 3.05) is 13.2 Å². The zero-order valence-corrected chi connectivity index (χ0v) is 15.1. The van der Waals surface area contributed by atoms with E-state index in [2.05, 4.69) is 5.32 Å². The molecule has 6 heteroatoms. The minimum atomic E-state index is -0.665. The minimum Gasteiger partial charge on any atom is -0.444 e. The molecule has 1 unspecified atom stereocenters. The third-order valence-corrected chi connectivity index (χ3v) is 3.15. The van der Waals surface area contributed by atoms with Crippen molar-refractivity contribution in [2.24, 2.45) is 0 Å². The number of carbonyl (C=O) groups is 1. The summed E-state index contributed by atoms with van der Waals surface area (Å²) in [7, 11) is 0. The molecular weight excluding hydrogens is 310 g/mol. The van der Waals surface area contributed by atoms with Crippen molar-refractivity contribution in [3.63, 3.8) is 0 Å². The highest BCUT2D eigenvalue weighted by molar-refractivity contribution is 5.68. The smallest absolute Gasteiger partial charge is 0.408 e. The van der Waals surface area contributed by atoms with Gasteiger partial charge in [-0.2, -0.15) is 0 Å². The summed E-state index contributed by atoms with van der Waals surface area (Å²) in [4.78, 5) is 12.2. The maximum atomic E-state index is 12.2. The third-order valence-electron chi connectivity index (χ3n) is 3.15. The highest BCUT2D eigenvalue weighted by Crippen LogP contribution is 2.21. The van der Waals surface area contributed by atoms with Crippen molar-refractivity contribution in [3.05, 3.63) is 35.9 Å². The van der Waals surface area contributed by atoms with Gasteiger partial charge in [-0.15, -0.1) is 0 Å². The fourth-order valence-corrected chi connectivity index (χ4v) is 2.23. The predicted molar refractivity (Wildman–Crippen MR) is 91.6 cm³/mol. The van der Waals surface area contributed by atoms with Gasteiger partial charge in [0, 0.05) is 6.61 Å². The molecular formula is C18H29NO5. The van der Waals surface area contributed by atoms with Crippen LogP contribution in [0.3, 0.4) is 0 Å². The summed E-state index contributed by atoms with van der Waals surface area (Å²) in [5.74, 6) is 0. The molecule has 6 nitrogen and oxygen atoms in total. The lowest BCUT2D eigenvalue weighted by Gasteiger charge is -2.30. The van der Waals surface area contributed by atoms with Crippen molar-refractivity contribution < 1.29 is 24.1 Å². The molecule has 0 radical (unpaired) electrons. The van der Waals surface area contributed by atoms with Crippen LogP contribution >= 0.6 is 0 Å². The number of rotatable bonds is 8. The summed E-state index contributed by atoms with van der Waals surface area (Å²) >= 11 is 0. The molecule has 1 amide bonds. The van der Waals surface area contributed by atoms with Crippen LogP contribution in [-0.2, 0) is 14.2 Å². The zero-order chi connectivity index (χ0) is 18.2. The van der Waals surface area contributed by atoms with Crippen molar-refractivity contribution >= 4 is 6.09 Å². The van der Waals surface area contributed by atoms with Crippen LogP contribution in [0, 0.1) is 0 Å². The number of benzene rings is 1. The molecule has 0 heterocycles. The number of carbonyl (C=O) groups excluding carboxylic acids is 1. The van der Waals surface area contributed by atoms with E-state index < -0.39 is 30.1 Å². The molecule has 24 heavy (non-hydrogen) atoms. The van der Waals surface area contributed by atoms with E-state index in [-0.39, 0.29) is 6.61 Å². The van der Waals surface area contributed by atoms with Gasteiger partial charge in [0.1, 0.15) is 11.7 Å². The Balaban J connectivity index is 2.93. The second kappa shape index (κ2) is 9.61. The molecule has 0 spiro atoms. The second-order valence-electron chi connectivity index (χ2n) is 6.41. The first-order valence-corrected chi connectivity index (χ1v) is 8.19. The van der Waals surface area contributed by atoms with Crippen LogP contribution in [0.2, 0.25) is 0 Å². The highest BCUT2D eigenvalue weighted by Gasteiger charge is 2.29. The number of alkyl carbamates (subject to hydrolysis) is 1. The standard InChI is InChI=1S/C18H29NO5/c1-6-22-13(2)23-15(12-20)16(14-10-8-7-9-11-14)19-17(21)24-18(3,4)5/h7-11,13,15-16,20H,6,12H2,1-5H3,(H,19,21)/t13?,15-,16-/m0/s1. The molecule has 0 saturated heterocycles. The Morgan fingerprint density at radius 1 is 1.25 bits per heavy atom. The molecule has 1 rings (SSSR count). The van der Waals surface area contributed by atoms with Crippen LogP contribution in [0.25, 0.3) is 0 Å². The summed E-state index contributed by atoms with van der Waals surface area (Å²) in [6.45, 7) is 9.22. The van der Waals surface area contributed by atoms with E-state index in [0.717, 1.165) is 5.56 Å². The predicted octanol–water partition coefficient (Wildman–Crippen LogP) is 3.01. The molecule has 0 aromatic heterocycles. The third kappa shape index (κ3) is 7.29. The Morgan fingerprint density at radius 3 is 2.38 bits per heavy atom. The number of aliphatic hydroxyl groups excluding tert-OH is 1. The molecule has 0 aliphatic carbocycles. The number of nitrogens with one attached hydrogen (secondary N) is 1. The van der Waals surface area contributed by atoms with Gasteiger partial charge in [0.05, 0.1) is 12.6 Å². The largest absolute Gasteiger partial charge is 0.444 e. The van der Waals surface area contributed by atoms with Gasteiger partial charge in [0.2, 0.25) is 0 Å². The summed E-state index contributed by atoms with van der Waals surface area (Å²) < 4.78 is 16.4. The molecule has 1 aromatic rings.